The van der Waals surface area contributed by atoms with Crippen LogP contribution in [0.1, 0.15) is 43.4 Å². The lowest BCUT2D eigenvalue weighted by atomic mass is 9.99. The number of hydrogen-bond acceptors (Lipinski definition) is 5. The van der Waals surface area contributed by atoms with E-state index in [0.717, 1.165) is 31.5 Å². The van der Waals surface area contributed by atoms with Crippen molar-refractivity contribution >= 4 is 21.4 Å². The van der Waals surface area contributed by atoms with Crippen LogP contribution in [0.15, 0.2) is 5.38 Å². The maximum Gasteiger partial charge on any atom is 0.211 e. The molecule has 21 heavy (non-hydrogen) atoms. The fourth-order valence-electron chi connectivity index (χ4n) is 2.63. The topological polar surface area (TPSA) is 62.3 Å². The van der Waals surface area contributed by atoms with Gasteiger partial charge in [0.05, 0.1) is 17.0 Å². The van der Waals surface area contributed by atoms with Gasteiger partial charge in [-0.25, -0.2) is 17.7 Å². The van der Waals surface area contributed by atoms with Gasteiger partial charge in [0, 0.05) is 24.5 Å². The van der Waals surface area contributed by atoms with E-state index in [-0.39, 0.29) is 6.04 Å². The van der Waals surface area contributed by atoms with Crippen LogP contribution >= 0.6 is 11.3 Å². The normalized spacial score (nSPS) is 22.3. The Kier molecular flexibility index (Phi) is 5.76. The molecule has 0 aliphatic carbocycles. The summed E-state index contributed by atoms with van der Waals surface area (Å²) in [5.74, 6) is 0.389. The van der Waals surface area contributed by atoms with Crippen molar-refractivity contribution < 1.29 is 8.42 Å². The molecule has 0 amide bonds. The van der Waals surface area contributed by atoms with Crippen molar-refractivity contribution in [3.05, 3.63) is 16.1 Å². The van der Waals surface area contributed by atoms with Crippen molar-refractivity contribution in [3.8, 4) is 0 Å². The molecule has 2 unspecified atom stereocenters. The molecule has 1 aliphatic heterocycles. The first kappa shape index (κ1) is 16.9. The molecular formula is C14H25N3O2S2. The largest absolute Gasteiger partial charge is 0.309 e. The number of thiazole rings is 1. The van der Waals surface area contributed by atoms with Crippen LogP contribution in [-0.4, -0.2) is 43.6 Å². The molecule has 1 N–H and O–H groups in total. The van der Waals surface area contributed by atoms with Crippen LogP contribution < -0.4 is 5.32 Å². The number of piperidine rings is 1. The van der Waals surface area contributed by atoms with Gasteiger partial charge in [-0.2, -0.15) is 0 Å². The highest BCUT2D eigenvalue weighted by atomic mass is 32.2. The summed E-state index contributed by atoms with van der Waals surface area (Å²) >= 11 is 1.70. The van der Waals surface area contributed by atoms with Crippen LogP contribution in [0.2, 0.25) is 0 Å². The average molecular weight is 332 g/mol. The molecule has 2 atom stereocenters. The van der Waals surface area contributed by atoms with E-state index in [1.165, 1.54) is 11.3 Å². The zero-order valence-corrected chi connectivity index (χ0v) is 14.6. The average Bonchev–Trinajstić information content (AvgIpc) is 2.93. The summed E-state index contributed by atoms with van der Waals surface area (Å²) in [5, 5.41) is 6.78. The summed E-state index contributed by atoms with van der Waals surface area (Å²) in [4.78, 5) is 4.60. The van der Waals surface area contributed by atoms with Gasteiger partial charge < -0.3 is 5.32 Å². The molecule has 1 saturated heterocycles. The Morgan fingerprint density at radius 3 is 2.95 bits per heavy atom. The molecular weight excluding hydrogens is 306 g/mol. The van der Waals surface area contributed by atoms with E-state index in [2.05, 4.69) is 29.5 Å². The molecule has 120 valence electrons. The van der Waals surface area contributed by atoms with Gasteiger partial charge >= 0.3 is 0 Å². The van der Waals surface area contributed by atoms with Crippen LogP contribution in [0, 0.1) is 5.92 Å². The van der Waals surface area contributed by atoms with E-state index in [9.17, 15) is 8.42 Å². The van der Waals surface area contributed by atoms with Crippen LogP contribution in [-0.2, 0) is 16.4 Å². The van der Waals surface area contributed by atoms with Crippen molar-refractivity contribution in [1.82, 2.24) is 14.6 Å². The number of nitrogens with zero attached hydrogens (tertiary/aromatic N) is 2. The Hall–Kier alpha value is -0.500. The fourth-order valence-corrected chi connectivity index (χ4v) is 4.41. The Bertz CT molecular complexity index is 556. The quantitative estimate of drug-likeness (QED) is 0.866. The third-order valence-corrected chi connectivity index (χ3v) is 6.26. The minimum Gasteiger partial charge on any atom is -0.309 e. The SMILES string of the molecule is CCc1nc(C(C)NCC2CCCN(S(C)(=O)=O)C2)cs1. The highest BCUT2D eigenvalue weighted by Gasteiger charge is 2.26. The molecule has 0 bridgehead atoms. The lowest BCUT2D eigenvalue weighted by Crippen LogP contribution is -2.42. The molecule has 0 aromatic carbocycles. The Morgan fingerprint density at radius 2 is 2.33 bits per heavy atom. The second-order valence-electron chi connectivity index (χ2n) is 5.78. The highest BCUT2D eigenvalue weighted by molar-refractivity contribution is 7.88. The third-order valence-electron chi connectivity index (χ3n) is 3.98. The smallest absolute Gasteiger partial charge is 0.211 e. The number of rotatable bonds is 6. The monoisotopic (exact) mass is 331 g/mol. The zero-order valence-electron chi connectivity index (χ0n) is 13.0. The molecule has 0 spiro atoms. The van der Waals surface area contributed by atoms with Crippen molar-refractivity contribution in [2.45, 2.75) is 39.2 Å². The molecule has 5 nitrogen and oxygen atoms in total. The highest BCUT2D eigenvalue weighted by Crippen LogP contribution is 2.20. The molecule has 1 aromatic heterocycles. The van der Waals surface area contributed by atoms with E-state index >= 15 is 0 Å². The van der Waals surface area contributed by atoms with E-state index < -0.39 is 10.0 Å². The summed E-state index contributed by atoms with van der Waals surface area (Å²) in [7, 11) is -3.05. The number of sulfonamides is 1. The van der Waals surface area contributed by atoms with Crippen molar-refractivity contribution in [2.24, 2.45) is 5.92 Å². The number of hydrogen-bond donors (Lipinski definition) is 1. The maximum absolute atomic E-state index is 11.6. The van der Waals surface area contributed by atoms with E-state index in [1.807, 2.05) is 0 Å². The Morgan fingerprint density at radius 1 is 1.57 bits per heavy atom. The molecule has 2 rings (SSSR count). The van der Waals surface area contributed by atoms with E-state index in [0.29, 0.717) is 19.0 Å². The molecule has 1 fully saturated rings. The second-order valence-corrected chi connectivity index (χ2v) is 8.70. The summed E-state index contributed by atoms with van der Waals surface area (Å²) < 4.78 is 24.9. The van der Waals surface area contributed by atoms with Gasteiger partial charge in [0.2, 0.25) is 10.0 Å². The summed E-state index contributed by atoms with van der Waals surface area (Å²) in [6, 6.07) is 0.218. The number of aryl methyl sites for hydroxylation is 1. The van der Waals surface area contributed by atoms with Gasteiger partial charge in [0.15, 0.2) is 0 Å². The van der Waals surface area contributed by atoms with Gasteiger partial charge in [-0.1, -0.05) is 6.92 Å². The second kappa shape index (κ2) is 7.17. The van der Waals surface area contributed by atoms with Crippen LogP contribution in [0.25, 0.3) is 0 Å². The standard InChI is InChI=1S/C14H25N3O2S2/c1-4-14-16-13(10-20-14)11(2)15-8-12-6-5-7-17(9-12)21(3,18)19/h10-12,15H,4-9H2,1-3H3. The van der Waals surface area contributed by atoms with Crippen LogP contribution in [0.5, 0.6) is 0 Å². The molecule has 0 saturated carbocycles. The first-order valence-electron chi connectivity index (χ1n) is 7.53. The minimum absolute atomic E-state index is 0.218. The summed E-state index contributed by atoms with van der Waals surface area (Å²) in [5.41, 5.74) is 1.09. The summed E-state index contributed by atoms with van der Waals surface area (Å²) in [6.07, 6.45) is 4.31. The van der Waals surface area contributed by atoms with Gasteiger partial charge in [-0.15, -0.1) is 11.3 Å². The fraction of sp³-hybridized carbons (Fsp3) is 0.786. The number of nitrogens with one attached hydrogen (secondary N) is 1. The van der Waals surface area contributed by atoms with Crippen molar-refractivity contribution in [2.75, 3.05) is 25.9 Å². The van der Waals surface area contributed by atoms with Gasteiger partial charge in [0.1, 0.15) is 0 Å². The first-order valence-corrected chi connectivity index (χ1v) is 10.3. The zero-order chi connectivity index (χ0) is 15.5. The molecule has 1 aliphatic rings. The Labute approximate surface area is 131 Å². The van der Waals surface area contributed by atoms with E-state index in [4.69, 9.17) is 0 Å². The molecule has 0 radical (unpaired) electrons. The molecule has 1 aromatic rings. The molecule has 2 heterocycles. The lowest BCUT2D eigenvalue weighted by molar-refractivity contribution is 0.256. The van der Waals surface area contributed by atoms with Crippen molar-refractivity contribution in [3.63, 3.8) is 0 Å². The third kappa shape index (κ3) is 4.74. The van der Waals surface area contributed by atoms with E-state index in [1.54, 1.807) is 15.6 Å². The predicted molar refractivity (Wildman–Crippen MR) is 87.1 cm³/mol. The first-order chi connectivity index (χ1) is 9.90. The van der Waals surface area contributed by atoms with Gasteiger partial charge in [-0.05, 0) is 38.6 Å². The van der Waals surface area contributed by atoms with Crippen molar-refractivity contribution in [1.29, 1.82) is 0 Å². The predicted octanol–water partition coefficient (Wildman–Crippen LogP) is 2.03. The minimum atomic E-state index is -3.05. The lowest BCUT2D eigenvalue weighted by Gasteiger charge is -2.31. The van der Waals surface area contributed by atoms with Crippen LogP contribution in [0.3, 0.4) is 0 Å². The Balaban J connectivity index is 1.84. The van der Waals surface area contributed by atoms with Gasteiger partial charge in [0.25, 0.3) is 0 Å². The number of aromatic nitrogens is 1. The maximum atomic E-state index is 11.6. The summed E-state index contributed by atoms with van der Waals surface area (Å²) in [6.45, 7) is 6.37. The van der Waals surface area contributed by atoms with Gasteiger partial charge in [-0.3, -0.25) is 0 Å². The molecule has 7 heteroatoms. The van der Waals surface area contributed by atoms with Crippen LogP contribution in [0.4, 0.5) is 0 Å².